The lowest BCUT2D eigenvalue weighted by Crippen LogP contribution is -2.54. The molecule has 0 aromatic rings. The topological polar surface area (TPSA) is 38.3 Å². The Morgan fingerprint density at radius 3 is 2.06 bits per heavy atom. The van der Waals surface area contributed by atoms with Crippen molar-refractivity contribution in [3.8, 4) is 12.3 Å². The van der Waals surface area contributed by atoms with Crippen LogP contribution in [0.5, 0.6) is 0 Å². The van der Waals surface area contributed by atoms with Gasteiger partial charge in [0.15, 0.2) is 0 Å². The van der Waals surface area contributed by atoms with Crippen LogP contribution in [0.4, 0.5) is 0 Å². The highest BCUT2D eigenvalue weighted by Crippen LogP contribution is 2.26. The first-order valence-corrected chi connectivity index (χ1v) is 6.15. The summed E-state index contributed by atoms with van der Waals surface area (Å²) in [6.45, 7) is 8.75. The fourth-order valence-corrected chi connectivity index (χ4v) is 2.28. The van der Waals surface area contributed by atoms with Crippen molar-refractivity contribution in [3.05, 3.63) is 0 Å². The number of terminal acetylenes is 1. The number of nitrogens with one attached hydrogen (secondary N) is 1. The molecule has 0 bridgehead atoms. The van der Waals surface area contributed by atoms with Gasteiger partial charge in [0, 0.05) is 0 Å². The van der Waals surface area contributed by atoms with Gasteiger partial charge in [-0.1, -0.05) is 33.6 Å². The zero-order valence-corrected chi connectivity index (χ0v) is 11.7. The maximum Gasteiger partial charge on any atom is 0.326 e. The summed E-state index contributed by atoms with van der Waals surface area (Å²) in [5.74, 6) is 3.12. The van der Waals surface area contributed by atoms with Crippen LogP contribution in [-0.2, 0) is 9.53 Å². The van der Waals surface area contributed by atoms with Gasteiger partial charge in [-0.3, -0.25) is 10.1 Å². The van der Waals surface area contributed by atoms with Crippen molar-refractivity contribution in [2.24, 2.45) is 11.8 Å². The SMILES string of the molecule is C#CCNC(CC(C)C)(CC(C)C)C(=O)OC. The lowest BCUT2D eigenvalue weighted by Gasteiger charge is -2.34. The predicted octanol–water partition coefficient (Wildman–Crippen LogP) is 2.21. The zero-order chi connectivity index (χ0) is 13.5. The standard InChI is InChI=1S/C14H25NO2/c1-7-8-15-14(9-11(2)3,10-12(4)5)13(16)17-6/h1,11-12,15H,8-10H2,2-6H3. The number of ether oxygens (including phenoxy) is 1. The van der Waals surface area contributed by atoms with Crippen LogP contribution in [0.25, 0.3) is 0 Å². The molecule has 0 amide bonds. The minimum absolute atomic E-state index is 0.213. The molecule has 0 rings (SSSR count). The van der Waals surface area contributed by atoms with E-state index in [1.165, 1.54) is 7.11 Å². The molecule has 0 aliphatic carbocycles. The summed E-state index contributed by atoms with van der Waals surface area (Å²) in [7, 11) is 1.43. The maximum absolute atomic E-state index is 12.1. The number of rotatable bonds is 7. The summed E-state index contributed by atoms with van der Waals surface area (Å²) in [4.78, 5) is 12.1. The van der Waals surface area contributed by atoms with E-state index in [4.69, 9.17) is 11.2 Å². The monoisotopic (exact) mass is 239 g/mol. The van der Waals surface area contributed by atoms with Gasteiger partial charge in [-0.15, -0.1) is 6.42 Å². The summed E-state index contributed by atoms with van der Waals surface area (Å²) in [5.41, 5.74) is -0.649. The molecule has 0 radical (unpaired) electrons. The first-order valence-electron chi connectivity index (χ1n) is 6.15. The van der Waals surface area contributed by atoms with Crippen LogP contribution in [0.2, 0.25) is 0 Å². The second kappa shape index (κ2) is 7.34. The lowest BCUT2D eigenvalue weighted by molar-refractivity contribution is -0.150. The van der Waals surface area contributed by atoms with Crippen molar-refractivity contribution in [2.45, 2.75) is 46.1 Å². The van der Waals surface area contributed by atoms with E-state index in [0.717, 1.165) is 12.8 Å². The van der Waals surface area contributed by atoms with Gasteiger partial charge in [-0.05, 0) is 24.7 Å². The van der Waals surface area contributed by atoms with Crippen LogP contribution < -0.4 is 5.32 Å². The highest BCUT2D eigenvalue weighted by molar-refractivity contribution is 5.80. The molecule has 0 aliphatic heterocycles. The van der Waals surface area contributed by atoms with Crippen LogP contribution in [0.15, 0.2) is 0 Å². The first kappa shape index (κ1) is 16.0. The molecule has 0 heterocycles. The van der Waals surface area contributed by atoms with Crippen LogP contribution in [-0.4, -0.2) is 25.2 Å². The van der Waals surface area contributed by atoms with Crippen LogP contribution in [0.1, 0.15) is 40.5 Å². The molecule has 3 heteroatoms. The highest BCUT2D eigenvalue weighted by Gasteiger charge is 2.39. The fourth-order valence-electron chi connectivity index (χ4n) is 2.28. The van der Waals surface area contributed by atoms with E-state index in [2.05, 4.69) is 38.9 Å². The summed E-state index contributed by atoms with van der Waals surface area (Å²) >= 11 is 0. The lowest BCUT2D eigenvalue weighted by atomic mass is 9.81. The molecule has 0 atom stereocenters. The average Bonchev–Trinajstić information content (AvgIpc) is 2.23. The molecule has 0 aliphatic rings. The van der Waals surface area contributed by atoms with Crippen molar-refractivity contribution in [1.82, 2.24) is 5.32 Å². The normalized spacial score (nSPS) is 11.6. The summed E-state index contributed by atoms with van der Waals surface area (Å²) in [6, 6.07) is 0. The van der Waals surface area contributed by atoms with Crippen LogP contribution in [0.3, 0.4) is 0 Å². The second-order valence-electron chi connectivity index (χ2n) is 5.33. The van der Waals surface area contributed by atoms with Crippen molar-refractivity contribution >= 4 is 5.97 Å². The van der Waals surface area contributed by atoms with E-state index in [1.54, 1.807) is 0 Å². The van der Waals surface area contributed by atoms with Crippen LogP contribution in [0, 0.1) is 24.2 Å². The van der Waals surface area contributed by atoms with Crippen LogP contribution >= 0.6 is 0 Å². The van der Waals surface area contributed by atoms with Crippen molar-refractivity contribution < 1.29 is 9.53 Å². The van der Waals surface area contributed by atoms with Crippen molar-refractivity contribution in [2.75, 3.05) is 13.7 Å². The summed E-state index contributed by atoms with van der Waals surface area (Å²) in [6.07, 6.45) is 6.75. The smallest absolute Gasteiger partial charge is 0.326 e. The largest absolute Gasteiger partial charge is 0.468 e. The van der Waals surface area contributed by atoms with E-state index >= 15 is 0 Å². The maximum atomic E-state index is 12.1. The molecule has 0 saturated heterocycles. The van der Waals surface area contributed by atoms with Gasteiger partial charge in [-0.25, -0.2) is 0 Å². The van der Waals surface area contributed by atoms with Gasteiger partial charge in [0.1, 0.15) is 5.54 Å². The van der Waals surface area contributed by atoms with E-state index in [-0.39, 0.29) is 5.97 Å². The minimum Gasteiger partial charge on any atom is -0.468 e. The number of hydrogen-bond donors (Lipinski definition) is 1. The van der Waals surface area contributed by atoms with Crippen molar-refractivity contribution in [1.29, 1.82) is 0 Å². The molecule has 17 heavy (non-hydrogen) atoms. The quantitative estimate of drug-likeness (QED) is 0.547. The van der Waals surface area contributed by atoms with Gasteiger partial charge < -0.3 is 4.74 Å². The second-order valence-corrected chi connectivity index (χ2v) is 5.33. The Bertz CT molecular complexity index is 266. The third-order valence-electron chi connectivity index (χ3n) is 2.62. The molecule has 1 N–H and O–H groups in total. The summed E-state index contributed by atoms with van der Waals surface area (Å²) < 4.78 is 4.94. The Labute approximate surface area is 105 Å². The molecule has 0 saturated carbocycles. The third kappa shape index (κ3) is 5.23. The van der Waals surface area contributed by atoms with Gasteiger partial charge in [0.2, 0.25) is 0 Å². The molecule has 3 nitrogen and oxygen atoms in total. The number of methoxy groups -OCH3 is 1. The van der Waals surface area contributed by atoms with Gasteiger partial charge in [-0.2, -0.15) is 0 Å². The molecule has 0 aromatic heterocycles. The highest BCUT2D eigenvalue weighted by atomic mass is 16.5. The minimum atomic E-state index is -0.649. The zero-order valence-electron chi connectivity index (χ0n) is 11.7. The Hall–Kier alpha value is -1.01. The Morgan fingerprint density at radius 1 is 1.29 bits per heavy atom. The number of carbonyl (C=O) groups is 1. The average molecular weight is 239 g/mol. The Morgan fingerprint density at radius 2 is 1.76 bits per heavy atom. The van der Waals surface area contributed by atoms with Gasteiger partial charge >= 0.3 is 5.97 Å². The molecule has 0 spiro atoms. The van der Waals surface area contributed by atoms with E-state index in [1.807, 2.05) is 0 Å². The molecule has 98 valence electrons. The Kier molecular flexibility index (Phi) is 6.91. The van der Waals surface area contributed by atoms with E-state index in [9.17, 15) is 4.79 Å². The van der Waals surface area contributed by atoms with Gasteiger partial charge in [0.25, 0.3) is 0 Å². The Balaban J connectivity index is 5.05. The molecule has 0 fully saturated rings. The van der Waals surface area contributed by atoms with Gasteiger partial charge in [0.05, 0.1) is 13.7 Å². The van der Waals surface area contributed by atoms with E-state index < -0.39 is 5.54 Å². The third-order valence-corrected chi connectivity index (χ3v) is 2.62. The molecular weight excluding hydrogens is 214 g/mol. The molecular formula is C14H25NO2. The number of hydrogen-bond acceptors (Lipinski definition) is 3. The predicted molar refractivity (Wildman–Crippen MR) is 70.5 cm³/mol. The number of esters is 1. The first-order chi connectivity index (χ1) is 7.88. The van der Waals surface area contributed by atoms with E-state index in [0.29, 0.717) is 18.4 Å². The molecule has 0 aromatic carbocycles. The summed E-state index contributed by atoms with van der Waals surface area (Å²) in [5, 5.41) is 3.19. The molecule has 0 unspecified atom stereocenters. The fraction of sp³-hybridized carbons (Fsp3) is 0.786. The van der Waals surface area contributed by atoms with Crippen molar-refractivity contribution in [3.63, 3.8) is 0 Å². The number of carbonyl (C=O) groups excluding carboxylic acids is 1.